The molecule has 1 fully saturated rings. The van der Waals surface area contributed by atoms with Crippen molar-refractivity contribution < 1.29 is 9.53 Å². The zero-order valence-electron chi connectivity index (χ0n) is 9.05. The van der Waals surface area contributed by atoms with Crippen LogP contribution < -0.4 is 5.32 Å². The SMILES string of the molecule is COC(C)C1NC(=O)C1C(C)(C)C. The molecule has 1 N–H and O–H groups in total. The minimum Gasteiger partial charge on any atom is -0.380 e. The van der Waals surface area contributed by atoms with E-state index in [1.807, 2.05) is 6.92 Å². The van der Waals surface area contributed by atoms with Crippen molar-refractivity contribution in [3.8, 4) is 0 Å². The fourth-order valence-electron chi connectivity index (χ4n) is 1.87. The highest BCUT2D eigenvalue weighted by molar-refractivity contribution is 5.86. The van der Waals surface area contributed by atoms with Crippen LogP contribution in [0, 0.1) is 11.3 Å². The summed E-state index contributed by atoms with van der Waals surface area (Å²) in [5.41, 5.74) is 0.0276. The zero-order valence-corrected chi connectivity index (χ0v) is 9.05. The molecule has 1 aliphatic heterocycles. The highest BCUT2D eigenvalue weighted by atomic mass is 16.5. The van der Waals surface area contributed by atoms with E-state index in [-0.39, 0.29) is 29.4 Å². The fraction of sp³-hybridized carbons (Fsp3) is 0.900. The normalized spacial score (nSPS) is 30.7. The van der Waals surface area contributed by atoms with E-state index in [4.69, 9.17) is 4.74 Å². The van der Waals surface area contributed by atoms with Crippen molar-refractivity contribution in [3.05, 3.63) is 0 Å². The van der Waals surface area contributed by atoms with E-state index < -0.39 is 0 Å². The monoisotopic (exact) mass is 185 g/mol. The Morgan fingerprint density at radius 3 is 2.31 bits per heavy atom. The molecule has 3 atom stereocenters. The van der Waals surface area contributed by atoms with Gasteiger partial charge >= 0.3 is 0 Å². The molecule has 0 aromatic rings. The zero-order chi connectivity index (χ0) is 10.2. The number of hydrogen-bond acceptors (Lipinski definition) is 2. The average Bonchev–Trinajstić information content (AvgIpc) is 1.95. The summed E-state index contributed by atoms with van der Waals surface area (Å²) in [6.07, 6.45) is 0.0990. The number of nitrogens with one attached hydrogen (secondary N) is 1. The maximum Gasteiger partial charge on any atom is 0.226 e. The molecule has 1 saturated heterocycles. The fourth-order valence-corrected chi connectivity index (χ4v) is 1.87. The van der Waals surface area contributed by atoms with Gasteiger partial charge in [-0.05, 0) is 12.3 Å². The molecular formula is C10H19NO2. The summed E-state index contributed by atoms with van der Waals surface area (Å²) >= 11 is 0. The van der Waals surface area contributed by atoms with Crippen LogP contribution in [-0.2, 0) is 9.53 Å². The van der Waals surface area contributed by atoms with Crippen molar-refractivity contribution in [3.63, 3.8) is 0 Å². The predicted molar refractivity (Wildman–Crippen MR) is 51.3 cm³/mol. The molecule has 1 heterocycles. The van der Waals surface area contributed by atoms with Crippen molar-refractivity contribution in [2.24, 2.45) is 11.3 Å². The molecule has 0 saturated carbocycles. The molecular weight excluding hydrogens is 166 g/mol. The van der Waals surface area contributed by atoms with E-state index in [0.717, 1.165) is 0 Å². The Morgan fingerprint density at radius 2 is 2.00 bits per heavy atom. The van der Waals surface area contributed by atoms with Gasteiger partial charge in [-0.3, -0.25) is 4.79 Å². The van der Waals surface area contributed by atoms with Crippen LogP contribution in [0.1, 0.15) is 27.7 Å². The van der Waals surface area contributed by atoms with Crippen molar-refractivity contribution in [1.82, 2.24) is 5.32 Å². The van der Waals surface area contributed by atoms with Crippen LogP contribution in [-0.4, -0.2) is 25.2 Å². The van der Waals surface area contributed by atoms with Crippen LogP contribution in [0.25, 0.3) is 0 Å². The van der Waals surface area contributed by atoms with Gasteiger partial charge in [-0.15, -0.1) is 0 Å². The van der Waals surface area contributed by atoms with Gasteiger partial charge in [-0.2, -0.15) is 0 Å². The molecule has 0 aliphatic carbocycles. The van der Waals surface area contributed by atoms with Gasteiger partial charge in [0.2, 0.25) is 5.91 Å². The molecule has 1 amide bonds. The Hall–Kier alpha value is -0.570. The minimum absolute atomic E-state index is 0.0276. The number of carbonyl (C=O) groups is 1. The summed E-state index contributed by atoms with van der Waals surface area (Å²) < 4.78 is 5.21. The van der Waals surface area contributed by atoms with E-state index in [1.54, 1.807) is 7.11 Å². The first-order valence-corrected chi connectivity index (χ1v) is 4.71. The van der Waals surface area contributed by atoms with Crippen molar-refractivity contribution in [2.45, 2.75) is 39.8 Å². The molecule has 3 unspecified atom stereocenters. The average molecular weight is 185 g/mol. The lowest BCUT2D eigenvalue weighted by Crippen LogP contribution is -2.66. The van der Waals surface area contributed by atoms with Crippen LogP contribution >= 0.6 is 0 Å². The third kappa shape index (κ3) is 1.85. The second kappa shape index (κ2) is 3.29. The minimum atomic E-state index is 0.0276. The molecule has 0 radical (unpaired) electrons. The largest absolute Gasteiger partial charge is 0.380 e. The van der Waals surface area contributed by atoms with Gasteiger partial charge in [0.15, 0.2) is 0 Å². The van der Waals surface area contributed by atoms with Gasteiger partial charge in [0.05, 0.1) is 18.1 Å². The predicted octanol–water partition coefficient (Wildman–Crippen LogP) is 1.18. The highest BCUT2D eigenvalue weighted by Crippen LogP contribution is 2.35. The Labute approximate surface area is 79.8 Å². The summed E-state index contributed by atoms with van der Waals surface area (Å²) in [4.78, 5) is 11.3. The third-order valence-electron chi connectivity index (χ3n) is 2.76. The van der Waals surface area contributed by atoms with Gasteiger partial charge in [-0.1, -0.05) is 20.8 Å². The summed E-state index contributed by atoms with van der Waals surface area (Å²) in [5, 5.41) is 2.89. The first-order valence-electron chi connectivity index (χ1n) is 4.71. The van der Waals surface area contributed by atoms with Crippen molar-refractivity contribution in [2.75, 3.05) is 7.11 Å². The number of amides is 1. The molecule has 0 spiro atoms. The molecule has 1 rings (SSSR count). The highest BCUT2D eigenvalue weighted by Gasteiger charge is 2.48. The smallest absolute Gasteiger partial charge is 0.226 e. The Kier molecular flexibility index (Phi) is 2.66. The number of ether oxygens (including phenoxy) is 1. The lowest BCUT2D eigenvalue weighted by atomic mass is 9.69. The number of rotatable bonds is 2. The van der Waals surface area contributed by atoms with E-state index in [0.29, 0.717) is 0 Å². The topological polar surface area (TPSA) is 38.3 Å². The second-order valence-corrected chi connectivity index (χ2v) is 4.82. The lowest BCUT2D eigenvalue weighted by Gasteiger charge is -2.46. The van der Waals surface area contributed by atoms with Gasteiger partial charge in [0.1, 0.15) is 0 Å². The van der Waals surface area contributed by atoms with E-state index in [2.05, 4.69) is 26.1 Å². The van der Waals surface area contributed by atoms with Crippen LogP contribution in [0.2, 0.25) is 0 Å². The van der Waals surface area contributed by atoms with Gasteiger partial charge in [0, 0.05) is 7.11 Å². The van der Waals surface area contributed by atoms with E-state index in [1.165, 1.54) is 0 Å². The maximum absolute atomic E-state index is 11.3. The number of methoxy groups -OCH3 is 1. The standard InChI is InChI=1S/C10H19NO2/c1-6(13-5)8-7(9(12)11-8)10(2,3)4/h6-8H,1-5H3,(H,11,12). The van der Waals surface area contributed by atoms with Gasteiger partial charge < -0.3 is 10.1 Å². The Bertz CT molecular complexity index is 207. The molecule has 3 heteroatoms. The Balaban J connectivity index is 2.67. The first kappa shape index (κ1) is 10.5. The molecule has 0 aromatic heterocycles. The van der Waals surface area contributed by atoms with Gasteiger partial charge in [-0.25, -0.2) is 0 Å². The maximum atomic E-state index is 11.3. The summed E-state index contributed by atoms with van der Waals surface area (Å²) in [7, 11) is 1.68. The Morgan fingerprint density at radius 1 is 1.46 bits per heavy atom. The molecule has 3 nitrogen and oxygen atoms in total. The van der Waals surface area contributed by atoms with Crippen LogP contribution in [0.3, 0.4) is 0 Å². The van der Waals surface area contributed by atoms with Gasteiger partial charge in [0.25, 0.3) is 0 Å². The summed E-state index contributed by atoms with van der Waals surface area (Å²) in [6.45, 7) is 8.26. The number of carbonyl (C=O) groups excluding carboxylic acids is 1. The van der Waals surface area contributed by atoms with E-state index in [9.17, 15) is 4.79 Å². The quantitative estimate of drug-likeness (QED) is 0.656. The lowest BCUT2D eigenvalue weighted by molar-refractivity contribution is -0.146. The first-order chi connectivity index (χ1) is 5.88. The molecule has 76 valence electrons. The third-order valence-corrected chi connectivity index (χ3v) is 2.76. The summed E-state index contributed by atoms with van der Waals surface area (Å²) in [6, 6.07) is 0.178. The molecule has 1 aliphatic rings. The van der Waals surface area contributed by atoms with Crippen molar-refractivity contribution in [1.29, 1.82) is 0 Å². The van der Waals surface area contributed by atoms with Crippen LogP contribution in [0.4, 0.5) is 0 Å². The molecule has 0 bridgehead atoms. The molecule has 0 aromatic carbocycles. The number of hydrogen-bond donors (Lipinski definition) is 1. The summed E-state index contributed by atoms with van der Waals surface area (Å²) in [5.74, 6) is 0.240. The second-order valence-electron chi connectivity index (χ2n) is 4.82. The number of β-lactam (4-membered cyclic amide) rings is 1. The van der Waals surface area contributed by atoms with Crippen LogP contribution in [0.5, 0.6) is 0 Å². The molecule has 13 heavy (non-hydrogen) atoms. The van der Waals surface area contributed by atoms with E-state index >= 15 is 0 Å². The van der Waals surface area contributed by atoms with Crippen molar-refractivity contribution >= 4 is 5.91 Å². The van der Waals surface area contributed by atoms with Crippen LogP contribution in [0.15, 0.2) is 0 Å².